The number of unbranched alkanes of at least 4 members (excludes halogenated alkanes) is 1. The van der Waals surface area contributed by atoms with Crippen molar-refractivity contribution in [1.29, 1.82) is 0 Å². The first-order valence-corrected chi connectivity index (χ1v) is 8.13. The molecule has 0 amide bonds. The van der Waals surface area contributed by atoms with E-state index in [1.807, 2.05) is 6.92 Å². The molecule has 0 aromatic heterocycles. The molecule has 0 aliphatic rings. The molecule has 114 valence electrons. The van der Waals surface area contributed by atoms with Gasteiger partial charge in [-0.1, -0.05) is 24.9 Å². The van der Waals surface area contributed by atoms with Gasteiger partial charge in [0.25, 0.3) is 0 Å². The van der Waals surface area contributed by atoms with Gasteiger partial charge in [-0.15, -0.1) is 0 Å². The van der Waals surface area contributed by atoms with Crippen molar-refractivity contribution in [2.75, 3.05) is 20.7 Å². The fourth-order valence-corrected chi connectivity index (χ4v) is 3.57. The molecule has 1 aromatic rings. The van der Waals surface area contributed by atoms with Crippen molar-refractivity contribution in [2.24, 2.45) is 0 Å². The van der Waals surface area contributed by atoms with Crippen LogP contribution in [-0.2, 0) is 16.6 Å². The second-order valence-corrected chi connectivity index (χ2v) is 6.88. The Morgan fingerprint density at radius 3 is 2.55 bits per heavy atom. The van der Waals surface area contributed by atoms with E-state index in [9.17, 15) is 13.5 Å². The zero-order valence-corrected chi connectivity index (χ0v) is 13.5. The van der Waals surface area contributed by atoms with Gasteiger partial charge in [0.05, 0.1) is 13.7 Å². The van der Waals surface area contributed by atoms with Crippen molar-refractivity contribution in [3.63, 3.8) is 0 Å². The van der Waals surface area contributed by atoms with Gasteiger partial charge in [-0.2, -0.15) is 0 Å². The number of halogens is 1. The predicted molar refractivity (Wildman–Crippen MR) is 78.7 cm³/mol. The molecule has 0 atom stereocenters. The van der Waals surface area contributed by atoms with E-state index in [-0.39, 0.29) is 22.3 Å². The van der Waals surface area contributed by atoms with Gasteiger partial charge >= 0.3 is 0 Å². The largest absolute Gasteiger partial charge is 0.495 e. The van der Waals surface area contributed by atoms with Gasteiger partial charge in [0.15, 0.2) is 0 Å². The van der Waals surface area contributed by atoms with Crippen LogP contribution in [0, 0.1) is 0 Å². The van der Waals surface area contributed by atoms with Crippen LogP contribution in [0.2, 0.25) is 5.02 Å². The highest BCUT2D eigenvalue weighted by molar-refractivity contribution is 7.89. The molecule has 0 heterocycles. The van der Waals surface area contributed by atoms with E-state index in [2.05, 4.69) is 0 Å². The maximum atomic E-state index is 12.5. The number of benzene rings is 1. The average Bonchev–Trinajstić information content (AvgIpc) is 2.43. The zero-order chi connectivity index (χ0) is 15.3. The summed E-state index contributed by atoms with van der Waals surface area (Å²) in [7, 11) is -0.810. The fraction of sp³-hybridized carbons (Fsp3) is 0.538. The van der Waals surface area contributed by atoms with E-state index in [1.54, 1.807) is 0 Å². The third-order valence-electron chi connectivity index (χ3n) is 2.99. The molecule has 1 aromatic carbocycles. The van der Waals surface area contributed by atoms with E-state index < -0.39 is 10.0 Å². The van der Waals surface area contributed by atoms with Crippen molar-refractivity contribution in [1.82, 2.24) is 4.31 Å². The summed E-state index contributed by atoms with van der Waals surface area (Å²) in [6, 6.07) is 2.84. The second kappa shape index (κ2) is 7.26. The molecule has 0 aliphatic carbocycles. The van der Waals surface area contributed by atoms with Crippen molar-refractivity contribution in [3.8, 4) is 5.75 Å². The lowest BCUT2D eigenvalue weighted by Crippen LogP contribution is -2.28. The summed E-state index contributed by atoms with van der Waals surface area (Å²) in [6.07, 6.45) is 1.67. The molecular weight excluding hydrogens is 302 g/mol. The van der Waals surface area contributed by atoms with Gasteiger partial charge in [-0.3, -0.25) is 0 Å². The summed E-state index contributed by atoms with van der Waals surface area (Å²) in [4.78, 5) is -0.0184. The molecule has 0 aliphatic heterocycles. The first kappa shape index (κ1) is 17.2. The standard InChI is InChI=1S/C13H20ClNO4S/c1-4-5-6-15(2)20(17,18)12-8-11(14)7-10(9-16)13(12)19-3/h7-8,16H,4-6,9H2,1-3H3. The Bertz CT molecular complexity index is 560. The third kappa shape index (κ3) is 3.63. The van der Waals surface area contributed by atoms with Crippen LogP contribution >= 0.6 is 11.6 Å². The summed E-state index contributed by atoms with van der Waals surface area (Å²) in [6.45, 7) is 2.07. The van der Waals surface area contributed by atoms with Crippen molar-refractivity contribution in [3.05, 3.63) is 22.7 Å². The van der Waals surface area contributed by atoms with Gasteiger partial charge in [-0.25, -0.2) is 12.7 Å². The number of sulfonamides is 1. The first-order valence-electron chi connectivity index (χ1n) is 6.32. The monoisotopic (exact) mass is 321 g/mol. The summed E-state index contributed by atoms with van der Waals surface area (Å²) in [5.41, 5.74) is 0.350. The number of hydrogen-bond acceptors (Lipinski definition) is 4. The Kier molecular flexibility index (Phi) is 6.26. The fourth-order valence-electron chi connectivity index (χ4n) is 1.83. The number of ether oxygens (including phenoxy) is 1. The quantitative estimate of drug-likeness (QED) is 0.836. The predicted octanol–water partition coefficient (Wildman–Crippen LogP) is 2.26. The van der Waals surface area contributed by atoms with Gasteiger partial charge < -0.3 is 9.84 Å². The second-order valence-electron chi connectivity index (χ2n) is 4.43. The van der Waals surface area contributed by atoms with Gasteiger partial charge in [-0.05, 0) is 18.6 Å². The van der Waals surface area contributed by atoms with E-state index in [4.69, 9.17) is 16.3 Å². The highest BCUT2D eigenvalue weighted by Gasteiger charge is 2.26. The minimum Gasteiger partial charge on any atom is -0.495 e. The summed E-state index contributed by atoms with van der Waals surface area (Å²) in [5.74, 6) is 0.139. The molecule has 1 rings (SSSR count). The van der Waals surface area contributed by atoms with Gasteiger partial charge in [0.1, 0.15) is 10.6 Å². The molecule has 1 N–H and O–H groups in total. The minimum atomic E-state index is -3.70. The molecule has 0 bridgehead atoms. The number of rotatable bonds is 7. The van der Waals surface area contributed by atoms with Crippen molar-refractivity contribution >= 4 is 21.6 Å². The maximum Gasteiger partial charge on any atom is 0.246 e. The molecular formula is C13H20ClNO4S. The van der Waals surface area contributed by atoms with Crippen LogP contribution < -0.4 is 4.74 Å². The Balaban J connectivity index is 3.33. The molecule has 0 spiro atoms. The average molecular weight is 322 g/mol. The number of nitrogens with zero attached hydrogens (tertiary/aromatic N) is 1. The topological polar surface area (TPSA) is 66.8 Å². The molecule has 7 heteroatoms. The lowest BCUT2D eigenvalue weighted by molar-refractivity contribution is 0.272. The van der Waals surface area contributed by atoms with Crippen LogP contribution in [0.4, 0.5) is 0 Å². The molecule has 0 fully saturated rings. The lowest BCUT2D eigenvalue weighted by Gasteiger charge is -2.20. The Hall–Kier alpha value is -0.820. The summed E-state index contributed by atoms with van der Waals surface area (Å²) in [5, 5.41) is 9.54. The van der Waals surface area contributed by atoms with E-state index in [1.165, 1.54) is 30.6 Å². The summed E-state index contributed by atoms with van der Waals surface area (Å²) < 4.78 is 31.5. The molecule has 5 nitrogen and oxygen atoms in total. The first-order chi connectivity index (χ1) is 9.38. The van der Waals surface area contributed by atoms with Crippen LogP contribution in [0.15, 0.2) is 17.0 Å². The highest BCUT2D eigenvalue weighted by Crippen LogP contribution is 2.33. The van der Waals surface area contributed by atoms with E-state index >= 15 is 0 Å². The number of hydrogen-bond donors (Lipinski definition) is 1. The van der Waals surface area contributed by atoms with E-state index in [0.717, 1.165) is 12.8 Å². The summed E-state index contributed by atoms with van der Waals surface area (Å²) >= 11 is 5.92. The molecule has 20 heavy (non-hydrogen) atoms. The van der Waals surface area contributed by atoms with Gasteiger partial charge in [0, 0.05) is 24.2 Å². The maximum absolute atomic E-state index is 12.5. The molecule has 0 unspecified atom stereocenters. The number of methoxy groups -OCH3 is 1. The van der Waals surface area contributed by atoms with Gasteiger partial charge in [0.2, 0.25) is 10.0 Å². The van der Waals surface area contributed by atoms with Crippen LogP contribution in [0.1, 0.15) is 25.3 Å². The molecule has 0 radical (unpaired) electrons. The lowest BCUT2D eigenvalue weighted by atomic mass is 10.2. The van der Waals surface area contributed by atoms with Crippen LogP contribution in [0.25, 0.3) is 0 Å². The van der Waals surface area contributed by atoms with Crippen LogP contribution in [-0.4, -0.2) is 38.5 Å². The Morgan fingerprint density at radius 2 is 2.05 bits per heavy atom. The SMILES string of the molecule is CCCCN(C)S(=O)(=O)c1cc(Cl)cc(CO)c1OC. The molecule has 0 saturated heterocycles. The van der Waals surface area contributed by atoms with Crippen LogP contribution in [0.5, 0.6) is 5.75 Å². The smallest absolute Gasteiger partial charge is 0.246 e. The number of aliphatic hydroxyl groups excluding tert-OH is 1. The van der Waals surface area contributed by atoms with Crippen molar-refractivity contribution < 1.29 is 18.3 Å². The Morgan fingerprint density at radius 1 is 1.40 bits per heavy atom. The third-order valence-corrected chi connectivity index (χ3v) is 5.07. The minimum absolute atomic E-state index is 0.0184. The normalized spacial score (nSPS) is 11.9. The van der Waals surface area contributed by atoms with E-state index in [0.29, 0.717) is 12.1 Å². The van der Waals surface area contributed by atoms with Crippen molar-refractivity contribution in [2.45, 2.75) is 31.3 Å². The highest BCUT2D eigenvalue weighted by atomic mass is 35.5. The molecule has 0 saturated carbocycles. The Labute approximate surface area is 125 Å². The van der Waals surface area contributed by atoms with Crippen LogP contribution in [0.3, 0.4) is 0 Å². The zero-order valence-electron chi connectivity index (χ0n) is 11.9. The number of aliphatic hydroxyl groups is 1.